The van der Waals surface area contributed by atoms with Gasteiger partial charge in [-0.2, -0.15) is 18.3 Å². The summed E-state index contributed by atoms with van der Waals surface area (Å²) in [5.41, 5.74) is 4.06. The number of para-hydroxylation sites is 1. The number of allylic oxidation sites excluding steroid dienone is 2. The van der Waals surface area contributed by atoms with Crippen molar-refractivity contribution in [1.82, 2.24) is 9.97 Å². The smallest absolute Gasteiger partial charge is 0.261 e. The van der Waals surface area contributed by atoms with Gasteiger partial charge in [-0.05, 0) is 60.4 Å². The third-order valence-electron chi connectivity index (χ3n) is 4.43. The highest BCUT2D eigenvalue weighted by Crippen LogP contribution is 2.40. The van der Waals surface area contributed by atoms with Crippen LogP contribution in [0.15, 0.2) is 62.5 Å². The van der Waals surface area contributed by atoms with Gasteiger partial charge in [0.25, 0.3) is 0 Å². The monoisotopic (exact) mass is 434 g/mol. The fraction of sp³-hybridized carbons (Fsp3) is 0.250. The molecular formula is C20H17F3N4S2. The second-order valence-corrected chi connectivity index (χ2v) is 8.88. The molecule has 29 heavy (non-hydrogen) atoms. The van der Waals surface area contributed by atoms with Crippen LogP contribution in [-0.2, 0) is 6.18 Å². The van der Waals surface area contributed by atoms with E-state index in [2.05, 4.69) is 26.6 Å². The fourth-order valence-electron chi connectivity index (χ4n) is 2.96. The van der Waals surface area contributed by atoms with Crippen molar-refractivity contribution in [2.75, 3.05) is 5.43 Å². The molecule has 0 spiro atoms. The quantitative estimate of drug-likeness (QED) is 0.357. The van der Waals surface area contributed by atoms with Crippen molar-refractivity contribution in [1.29, 1.82) is 0 Å². The molecule has 0 atom stereocenters. The molecular weight excluding hydrogens is 417 g/mol. The molecule has 150 valence electrons. The first-order valence-electron chi connectivity index (χ1n) is 9.07. The second-order valence-electron chi connectivity index (χ2n) is 6.50. The average molecular weight is 435 g/mol. The Morgan fingerprint density at radius 3 is 2.69 bits per heavy atom. The van der Waals surface area contributed by atoms with E-state index >= 15 is 0 Å². The summed E-state index contributed by atoms with van der Waals surface area (Å²) in [6.45, 7) is 0. The Kier molecular flexibility index (Phi) is 5.86. The highest BCUT2D eigenvalue weighted by atomic mass is 32.2. The largest absolute Gasteiger partial charge is 0.417 e. The number of benzene rings is 1. The topological polar surface area (TPSA) is 50.2 Å². The molecule has 1 aromatic carbocycles. The molecule has 1 aliphatic carbocycles. The van der Waals surface area contributed by atoms with Crippen molar-refractivity contribution in [3.05, 3.63) is 58.6 Å². The van der Waals surface area contributed by atoms with E-state index in [4.69, 9.17) is 0 Å². The molecule has 3 aromatic rings. The first kappa shape index (κ1) is 19.9. The van der Waals surface area contributed by atoms with Gasteiger partial charge in [0.15, 0.2) is 4.34 Å². The number of nitrogens with one attached hydrogen (secondary N) is 1. The molecule has 4 rings (SSSR count). The van der Waals surface area contributed by atoms with Crippen molar-refractivity contribution in [2.24, 2.45) is 5.10 Å². The van der Waals surface area contributed by atoms with Gasteiger partial charge in [0, 0.05) is 6.20 Å². The third-order valence-corrected chi connectivity index (χ3v) is 6.74. The van der Waals surface area contributed by atoms with Gasteiger partial charge in [-0.25, -0.2) is 9.97 Å². The van der Waals surface area contributed by atoms with Crippen LogP contribution in [0.4, 0.5) is 19.0 Å². The first-order valence-corrected chi connectivity index (χ1v) is 10.7. The summed E-state index contributed by atoms with van der Waals surface area (Å²) >= 11 is 3.35. The van der Waals surface area contributed by atoms with Gasteiger partial charge >= 0.3 is 6.18 Å². The van der Waals surface area contributed by atoms with Crippen molar-refractivity contribution in [3.8, 4) is 0 Å². The summed E-state index contributed by atoms with van der Waals surface area (Å²) in [7, 11) is 0. The number of aromatic nitrogens is 2. The highest BCUT2D eigenvalue weighted by Gasteiger charge is 2.30. The van der Waals surface area contributed by atoms with E-state index in [1.54, 1.807) is 29.3 Å². The number of rotatable bonds is 5. The minimum Gasteiger partial charge on any atom is -0.261 e. The molecule has 0 saturated heterocycles. The maximum atomic E-state index is 12.6. The average Bonchev–Trinajstić information content (AvgIpc) is 3.11. The molecule has 0 bridgehead atoms. The van der Waals surface area contributed by atoms with Crippen LogP contribution < -0.4 is 5.43 Å². The minimum absolute atomic E-state index is 0.269. The highest BCUT2D eigenvalue weighted by molar-refractivity contribution is 8.04. The minimum atomic E-state index is -4.39. The lowest BCUT2D eigenvalue weighted by atomic mass is 10.0. The zero-order valence-electron chi connectivity index (χ0n) is 15.2. The van der Waals surface area contributed by atoms with E-state index in [0.717, 1.165) is 58.1 Å². The number of pyridine rings is 1. The van der Waals surface area contributed by atoms with Crippen LogP contribution in [0.1, 0.15) is 31.2 Å². The number of fused-ring (bicyclic) bond motifs is 1. The van der Waals surface area contributed by atoms with Crippen LogP contribution in [0.2, 0.25) is 0 Å². The SMILES string of the molecule is FC(F)(F)c1ccc(NN=CC2=C(Sc3nc4ccccc4s3)CCCC2)nc1. The zero-order valence-corrected chi connectivity index (χ0v) is 16.9. The van der Waals surface area contributed by atoms with Gasteiger partial charge in [-0.15, -0.1) is 11.3 Å². The molecule has 0 amide bonds. The van der Waals surface area contributed by atoms with Gasteiger partial charge in [-0.3, -0.25) is 5.43 Å². The van der Waals surface area contributed by atoms with E-state index < -0.39 is 11.7 Å². The maximum Gasteiger partial charge on any atom is 0.417 e. The molecule has 0 unspecified atom stereocenters. The van der Waals surface area contributed by atoms with Crippen LogP contribution in [0.5, 0.6) is 0 Å². The van der Waals surface area contributed by atoms with Crippen molar-refractivity contribution in [2.45, 2.75) is 36.2 Å². The second kappa shape index (κ2) is 8.54. The van der Waals surface area contributed by atoms with Crippen LogP contribution in [0.3, 0.4) is 0 Å². The van der Waals surface area contributed by atoms with Crippen LogP contribution in [0, 0.1) is 0 Å². The number of halogens is 3. The van der Waals surface area contributed by atoms with E-state index in [9.17, 15) is 13.2 Å². The van der Waals surface area contributed by atoms with E-state index in [1.165, 1.54) is 11.0 Å². The molecule has 0 saturated carbocycles. The number of thioether (sulfide) groups is 1. The number of alkyl halides is 3. The molecule has 2 heterocycles. The number of hydrazone groups is 1. The maximum absolute atomic E-state index is 12.6. The van der Waals surface area contributed by atoms with Gasteiger partial charge in [-0.1, -0.05) is 23.9 Å². The predicted octanol–water partition coefficient (Wildman–Crippen LogP) is 6.73. The lowest BCUT2D eigenvalue weighted by molar-refractivity contribution is -0.137. The van der Waals surface area contributed by atoms with Crippen molar-refractivity contribution in [3.63, 3.8) is 0 Å². The van der Waals surface area contributed by atoms with Crippen LogP contribution in [0.25, 0.3) is 10.2 Å². The molecule has 0 radical (unpaired) electrons. The van der Waals surface area contributed by atoms with Crippen LogP contribution in [-0.4, -0.2) is 16.2 Å². The molecule has 2 aromatic heterocycles. The molecule has 9 heteroatoms. The number of thiazole rings is 1. The number of hydrogen-bond acceptors (Lipinski definition) is 6. The van der Waals surface area contributed by atoms with E-state index in [0.29, 0.717) is 0 Å². The first-order chi connectivity index (χ1) is 14.0. The molecule has 1 aliphatic rings. The fourth-order valence-corrected chi connectivity index (χ4v) is 5.28. The Balaban J connectivity index is 1.46. The summed E-state index contributed by atoms with van der Waals surface area (Å²) in [6.07, 6.45) is 2.25. The van der Waals surface area contributed by atoms with Crippen molar-refractivity contribution >= 4 is 45.3 Å². The Morgan fingerprint density at radius 1 is 1.10 bits per heavy atom. The summed E-state index contributed by atoms with van der Waals surface area (Å²) < 4.78 is 40.0. The third kappa shape index (κ3) is 4.97. The van der Waals surface area contributed by atoms with Crippen molar-refractivity contribution < 1.29 is 13.2 Å². The molecule has 4 nitrogen and oxygen atoms in total. The Bertz CT molecular complexity index is 1020. The van der Waals surface area contributed by atoms with E-state index in [-0.39, 0.29) is 5.82 Å². The predicted molar refractivity (Wildman–Crippen MR) is 112 cm³/mol. The number of nitrogens with zero attached hydrogens (tertiary/aromatic N) is 3. The molecule has 0 fully saturated rings. The van der Waals surface area contributed by atoms with Crippen LogP contribution >= 0.6 is 23.1 Å². The van der Waals surface area contributed by atoms with Gasteiger partial charge < -0.3 is 0 Å². The number of hydrogen-bond donors (Lipinski definition) is 1. The lowest BCUT2D eigenvalue weighted by Gasteiger charge is -2.16. The summed E-state index contributed by atoms with van der Waals surface area (Å²) in [4.78, 5) is 9.68. The normalized spacial score (nSPS) is 15.4. The zero-order chi connectivity index (χ0) is 20.3. The summed E-state index contributed by atoms with van der Waals surface area (Å²) in [5, 5.41) is 4.18. The molecule has 0 aliphatic heterocycles. The Labute approximate surface area is 174 Å². The summed E-state index contributed by atoms with van der Waals surface area (Å²) in [5.74, 6) is 0.269. The van der Waals surface area contributed by atoms with Gasteiger partial charge in [0.05, 0.1) is 22.0 Å². The van der Waals surface area contributed by atoms with Gasteiger partial charge in [0.2, 0.25) is 0 Å². The Hall–Kier alpha value is -2.39. The summed E-state index contributed by atoms with van der Waals surface area (Å²) in [6, 6.07) is 10.3. The van der Waals surface area contributed by atoms with E-state index in [1.807, 2.05) is 18.2 Å². The number of anilines is 1. The molecule has 1 N–H and O–H groups in total. The lowest BCUT2D eigenvalue weighted by Crippen LogP contribution is -2.06. The Morgan fingerprint density at radius 2 is 1.93 bits per heavy atom. The van der Waals surface area contributed by atoms with Gasteiger partial charge in [0.1, 0.15) is 5.82 Å². The standard InChI is InChI=1S/C20H17F3N4S2/c21-20(22,23)14-9-10-18(24-12-14)27-25-11-13-5-1-3-7-16(13)28-19-26-15-6-2-4-8-17(15)29-19/h2,4,6,8-12H,1,3,5,7H2,(H,24,27).